The Hall–Kier alpha value is -2.76. The molecule has 3 rings (SSSR count). The number of aromatic nitrogens is 3. The van der Waals surface area contributed by atoms with Crippen LogP contribution in [0.5, 0.6) is 0 Å². The molecule has 3 aromatic rings. The van der Waals surface area contributed by atoms with Crippen molar-refractivity contribution in [3.8, 4) is 0 Å². The monoisotopic (exact) mass is 338 g/mol. The Morgan fingerprint density at radius 3 is 2.76 bits per heavy atom. The van der Waals surface area contributed by atoms with E-state index in [1.54, 1.807) is 0 Å². The van der Waals surface area contributed by atoms with Gasteiger partial charge in [-0.3, -0.25) is 4.99 Å². The first-order chi connectivity index (χ1) is 12.1. The van der Waals surface area contributed by atoms with Crippen molar-refractivity contribution in [1.29, 1.82) is 0 Å². The second kappa shape index (κ2) is 7.42. The Balaban J connectivity index is 1.61. The summed E-state index contributed by atoms with van der Waals surface area (Å²) in [5.74, 6) is 1.93. The highest BCUT2D eigenvalue weighted by Gasteiger charge is 2.10. The maximum Gasteiger partial charge on any atom is 0.193 e. The second-order valence-corrected chi connectivity index (χ2v) is 6.24. The maximum atomic E-state index is 4.62. The molecule has 2 aromatic heterocycles. The molecule has 2 heterocycles. The van der Waals surface area contributed by atoms with Gasteiger partial charge in [0.1, 0.15) is 5.82 Å². The SMILES string of the molecule is CN=C(NCCn1c(C)nc2ccccc21)N(C)Cc1cccn1C. The van der Waals surface area contributed by atoms with Gasteiger partial charge in [0.25, 0.3) is 0 Å². The molecular formula is C19H26N6. The maximum absolute atomic E-state index is 4.62. The Morgan fingerprint density at radius 1 is 1.24 bits per heavy atom. The number of hydrogen-bond donors (Lipinski definition) is 1. The Kier molecular flexibility index (Phi) is 5.07. The minimum absolute atomic E-state index is 0.797. The van der Waals surface area contributed by atoms with E-state index in [-0.39, 0.29) is 0 Å². The molecule has 0 saturated heterocycles. The number of hydrogen-bond acceptors (Lipinski definition) is 2. The molecule has 0 radical (unpaired) electrons. The van der Waals surface area contributed by atoms with Crippen LogP contribution in [0.4, 0.5) is 0 Å². The summed E-state index contributed by atoms with van der Waals surface area (Å²) >= 11 is 0. The summed E-state index contributed by atoms with van der Waals surface area (Å²) in [6.07, 6.45) is 2.06. The first kappa shape index (κ1) is 17.1. The molecule has 0 spiro atoms. The zero-order chi connectivity index (χ0) is 17.8. The average molecular weight is 338 g/mol. The molecule has 0 atom stereocenters. The molecule has 132 valence electrons. The van der Waals surface area contributed by atoms with E-state index in [1.807, 2.05) is 13.1 Å². The lowest BCUT2D eigenvalue weighted by atomic mass is 10.3. The largest absolute Gasteiger partial charge is 0.354 e. The van der Waals surface area contributed by atoms with E-state index in [4.69, 9.17) is 0 Å². The van der Waals surface area contributed by atoms with Gasteiger partial charge < -0.3 is 19.4 Å². The number of imidazole rings is 1. The Labute approximate surface area is 148 Å². The highest BCUT2D eigenvalue weighted by Crippen LogP contribution is 2.14. The zero-order valence-electron chi connectivity index (χ0n) is 15.4. The van der Waals surface area contributed by atoms with Gasteiger partial charge in [0.05, 0.1) is 17.6 Å². The second-order valence-electron chi connectivity index (χ2n) is 6.24. The van der Waals surface area contributed by atoms with Crippen molar-refractivity contribution in [2.45, 2.75) is 20.0 Å². The lowest BCUT2D eigenvalue weighted by molar-refractivity contribution is 0.459. The summed E-state index contributed by atoms with van der Waals surface area (Å²) in [5.41, 5.74) is 3.47. The van der Waals surface area contributed by atoms with Crippen LogP contribution < -0.4 is 5.32 Å². The van der Waals surface area contributed by atoms with E-state index in [9.17, 15) is 0 Å². The standard InChI is InChI=1S/C19H26N6/c1-15-22-17-9-5-6-10-18(17)25(15)13-11-21-19(20-2)24(4)14-16-8-7-12-23(16)3/h5-10,12H,11,13-14H2,1-4H3,(H,20,21). The van der Waals surface area contributed by atoms with Crippen LogP contribution in [0.2, 0.25) is 0 Å². The minimum atomic E-state index is 0.797. The van der Waals surface area contributed by atoms with E-state index >= 15 is 0 Å². The normalized spacial score (nSPS) is 11.9. The number of nitrogens with one attached hydrogen (secondary N) is 1. The Morgan fingerprint density at radius 2 is 2.04 bits per heavy atom. The number of rotatable bonds is 5. The van der Waals surface area contributed by atoms with Crippen molar-refractivity contribution in [2.75, 3.05) is 20.6 Å². The fourth-order valence-electron chi connectivity index (χ4n) is 3.12. The molecule has 25 heavy (non-hydrogen) atoms. The van der Waals surface area contributed by atoms with Crippen molar-refractivity contribution in [3.05, 3.63) is 54.1 Å². The summed E-state index contributed by atoms with van der Waals surface area (Å²) < 4.78 is 4.37. The highest BCUT2D eigenvalue weighted by molar-refractivity contribution is 5.79. The molecule has 0 bridgehead atoms. The van der Waals surface area contributed by atoms with E-state index in [0.717, 1.165) is 36.9 Å². The molecule has 0 saturated carbocycles. The molecule has 0 aliphatic rings. The number of benzene rings is 1. The summed E-state index contributed by atoms with van der Waals surface area (Å²) in [5, 5.41) is 3.45. The van der Waals surface area contributed by atoms with Gasteiger partial charge in [-0.05, 0) is 31.2 Å². The minimum Gasteiger partial charge on any atom is -0.354 e. The molecule has 6 heteroatoms. The van der Waals surface area contributed by atoms with Crippen LogP contribution in [-0.2, 0) is 20.1 Å². The number of nitrogens with zero attached hydrogens (tertiary/aromatic N) is 5. The van der Waals surface area contributed by atoms with Gasteiger partial charge >= 0.3 is 0 Å². The third-order valence-electron chi connectivity index (χ3n) is 4.49. The summed E-state index contributed by atoms with van der Waals surface area (Å²) in [7, 11) is 5.94. The fraction of sp³-hybridized carbons (Fsp3) is 0.368. The van der Waals surface area contributed by atoms with Crippen LogP contribution in [0.3, 0.4) is 0 Å². The third-order valence-corrected chi connectivity index (χ3v) is 4.49. The van der Waals surface area contributed by atoms with Gasteiger partial charge in [0.2, 0.25) is 0 Å². The molecule has 6 nitrogen and oxygen atoms in total. The van der Waals surface area contributed by atoms with Crippen molar-refractivity contribution >= 4 is 17.0 Å². The van der Waals surface area contributed by atoms with Crippen molar-refractivity contribution in [3.63, 3.8) is 0 Å². The molecule has 0 amide bonds. The number of aryl methyl sites for hydroxylation is 2. The lowest BCUT2D eigenvalue weighted by Gasteiger charge is -2.22. The van der Waals surface area contributed by atoms with Gasteiger partial charge in [-0.2, -0.15) is 0 Å². The highest BCUT2D eigenvalue weighted by atomic mass is 15.3. The average Bonchev–Trinajstić information content (AvgIpc) is 3.14. The summed E-state index contributed by atoms with van der Waals surface area (Å²) in [4.78, 5) is 11.1. The molecule has 0 aliphatic heterocycles. The van der Waals surface area contributed by atoms with Crippen LogP contribution in [0.15, 0.2) is 47.6 Å². The van der Waals surface area contributed by atoms with E-state index in [2.05, 4.69) is 86.9 Å². The van der Waals surface area contributed by atoms with Crippen LogP contribution in [0.25, 0.3) is 11.0 Å². The van der Waals surface area contributed by atoms with E-state index < -0.39 is 0 Å². The summed E-state index contributed by atoms with van der Waals surface area (Å²) in [6.45, 7) is 4.52. The molecule has 0 aliphatic carbocycles. The van der Waals surface area contributed by atoms with Crippen molar-refractivity contribution < 1.29 is 0 Å². The van der Waals surface area contributed by atoms with Crippen LogP contribution in [0.1, 0.15) is 11.5 Å². The summed E-state index contributed by atoms with van der Waals surface area (Å²) in [6, 6.07) is 12.4. The molecule has 0 unspecified atom stereocenters. The topological polar surface area (TPSA) is 50.4 Å². The van der Waals surface area contributed by atoms with Crippen molar-refractivity contribution in [1.82, 2.24) is 24.3 Å². The quantitative estimate of drug-likeness (QED) is 0.574. The third kappa shape index (κ3) is 3.68. The number of aliphatic imine (C=N–C) groups is 1. The number of fused-ring (bicyclic) bond motifs is 1. The van der Waals surface area contributed by atoms with Crippen LogP contribution in [-0.4, -0.2) is 45.6 Å². The molecule has 0 fully saturated rings. The van der Waals surface area contributed by atoms with E-state index in [1.165, 1.54) is 11.2 Å². The van der Waals surface area contributed by atoms with Gasteiger partial charge in [-0.15, -0.1) is 0 Å². The number of guanidine groups is 1. The smallest absolute Gasteiger partial charge is 0.193 e. The van der Waals surface area contributed by atoms with Crippen LogP contribution >= 0.6 is 0 Å². The fourth-order valence-corrected chi connectivity index (χ4v) is 3.12. The first-order valence-corrected chi connectivity index (χ1v) is 8.54. The van der Waals surface area contributed by atoms with Gasteiger partial charge in [-0.1, -0.05) is 12.1 Å². The predicted molar refractivity (Wildman–Crippen MR) is 103 cm³/mol. The Bertz CT molecular complexity index is 873. The molecule has 1 aromatic carbocycles. The molecule has 1 N–H and O–H groups in total. The molecular weight excluding hydrogens is 312 g/mol. The van der Waals surface area contributed by atoms with Crippen LogP contribution in [0, 0.1) is 6.92 Å². The van der Waals surface area contributed by atoms with Crippen molar-refractivity contribution in [2.24, 2.45) is 12.0 Å². The first-order valence-electron chi connectivity index (χ1n) is 8.54. The van der Waals surface area contributed by atoms with Gasteiger partial charge in [-0.25, -0.2) is 4.98 Å². The van der Waals surface area contributed by atoms with E-state index in [0.29, 0.717) is 0 Å². The predicted octanol–water partition coefficient (Wildman–Crippen LogP) is 2.39. The number of para-hydroxylation sites is 2. The van der Waals surface area contributed by atoms with Gasteiger partial charge in [0.15, 0.2) is 5.96 Å². The zero-order valence-corrected chi connectivity index (χ0v) is 15.4. The lowest BCUT2D eigenvalue weighted by Crippen LogP contribution is -2.40. The van der Waals surface area contributed by atoms with Gasteiger partial charge in [0, 0.05) is 46.1 Å².